The Morgan fingerprint density at radius 2 is 0.918 bits per heavy atom. The van der Waals surface area contributed by atoms with Crippen LogP contribution in [0.2, 0.25) is 0 Å². The lowest BCUT2D eigenvalue weighted by atomic mass is 9.84. The van der Waals surface area contributed by atoms with Crippen LogP contribution in [0.1, 0.15) is 12.0 Å². The molecule has 0 saturated heterocycles. The van der Waals surface area contributed by atoms with Crippen LogP contribution in [0.5, 0.6) is 0 Å². The average Bonchev–Trinajstić information content (AvgIpc) is 3.40. The quantitative estimate of drug-likeness (QED) is 0.178. The van der Waals surface area contributed by atoms with Gasteiger partial charge in [-0.1, -0.05) is 140 Å². The van der Waals surface area contributed by atoms with Crippen molar-refractivity contribution in [1.29, 1.82) is 0 Å². The second kappa shape index (κ2) is 12.3. The van der Waals surface area contributed by atoms with Gasteiger partial charge < -0.3 is 0 Å². The molecule has 0 saturated carbocycles. The SMILES string of the molecule is C1=CCC(c2ccc3c(-c4ccc(-c5ccccn5)cc4)c4ccccc4c(-c4ccc(-c5ccccn5)cc4)c3c2)=c2ccccc2=C1. The molecule has 1 aliphatic rings. The molecule has 230 valence electrons. The smallest absolute Gasteiger partial charge is 0.0701 e. The first kappa shape index (κ1) is 28.8. The van der Waals surface area contributed by atoms with Crippen molar-refractivity contribution in [2.45, 2.75) is 6.42 Å². The van der Waals surface area contributed by atoms with Crippen molar-refractivity contribution in [3.05, 3.63) is 192 Å². The molecule has 0 unspecified atom stereocenters. The Bertz CT molecular complexity index is 2640. The summed E-state index contributed by atoms with van der Waals surface area (Å²) in [6, 6.07) is 54.6. The third-order valence-electron chi connectivity index (χ3n) is 9.66. The normalized spacial score (nSPS) is 12.4. The van der Waals surface area contributed by atoms with Crippen molar-refractivity contribution < 1.29 is 0 Å². The monoisotopic (exact) mass is 624 g/mol. The third-order valence-corrected chi connectivity index (χ3v) is 9.66. The number of nitrogens with zero attached hydrogens (tertiary/aromatic N) is 2. The van der Waals surface area contributed by atoms with E-state index in [0.717, 1.165) is 28.9 Å². The maximum Gasteiger partial charge on any atom is 0.0701 e. The van der Waals surface area contributed by atoms with Gasteiger partial charge in [0.25, 0.3) is 0 Å². The van der Waals surface area contributed by atoms with Crippen molar-refractivity contribution in [2.75, 3.05) is 0 Å². The summed E-state index contributed by atoms with van der Waals surface area (Å²) in [6.07, 6.45) is 11.2. The van der Waals surface area contributed by atoms with Gasteiger partial charge in [-0.05, 0) is 102 Å². The van der Waals surface area contributed by atoms with Crippen molar-refractivity contribution >= 4 is 33.2 Å². The highest BCUT2D eigenvalue weighted by atomic mass is 14.7. The second-order valence-corrected chi connectivity index (χ2v) is 12.5. The molecule has 0 aliphatic heterocycles. The van der Waals surface area contributed by atoms with Crippen LogP contribution in [0.3, 0.4) is 0 Å². The van der Waals surface area contributed by atoms with Gasteiger partial charge in [-0.15, -0.1) is 0 Å². The van der Waals surface area contributed by atoms with Crippen LogP contribution in [0.25, 0.3) is 78.0 Å². The minimum atomic E-state index is 0.878. The molecular weight excluding hydrogens is 593 g/mol. The summed E-state index contributed by atoms with van der Waals surface area (Å²) >= 11 is 0. The van der Waals surface area contributed by atoms with Gasteiger partial charge in [0.15, 0.2) is 0 Å². The summed E-state index contributed by atoms with van der Waals surface area (Å²) in [4.78, 5) is 9.18. The fourth-order valence-electron chi connectivity index (χ4n) is 7.33. The van der Waals surface area contributed by atoms with Crippen molar-refractivity contribution in [1.82, 2.24) is 9.97 Å². The minimum absolute atomic E-state index is 0.878. The highest BCUT2D eigenvalue weighted by Gasteiger charge is 2.18. The molecule has 2 heterocycles. The molecule has 0 fully saturated rings. The van der Waals surface area contributed by atoms with Crippen LogP contribution in [0, 0.1) is 0 Å². The van der Waals surface area contributed by atoms with Crippen LogP contribution in [0.15, 0.2) is 176 Å². The lowest BCUT2D eigenvalue weighted by Gasteiger charge is -2.19. The summed E-state index contributed by atoms with van der Waals surface area (Å²) < 4.78 is 0. The second-order valence-electron chi connectivity index (χ2n) is 12.5. The molecule has 2 nitrogen and oxygen atoms in total. The van der Waals surface area contributed by atoms with Gasteiger partial charge in [-0.25, -0.2) is 0 Å². The Morgan fingerprint density at radius 1 is 0.408 bits per heavy atom. The van der Waals surface area contributed by atoms with Crippen LogP contribution in [-0.4, -0.2) is 9.97 Å². The van der Waals surface area contributed by atoms with Gasteiger partial charge in [-0.2, -0.15) is 0 Å². The Labute approximate surface area is 285 Å². The predicted molar refractivity (Wildman–Crippen MR) is 205 cm³/mol. The number of rotatable bonds is 5. The first-order chi connectivity index (χ1) is 24.3. The molecule has 0 N–H and O–H groups in total. The Hall–Kier alpha value is -6.38. The molecular formula is C47H32N2. The first-order valence-electron chi connectivity index (χ1n) is 16.8. The highest BCUT2D eigenvalue weighted by molar-refractivity contribution is 6.21. The predicted octanol–water partition coefficient (Wildman–Crippen LogP) is 10.4. The molecule has 0 amide bonds. The van der Waals surface area contributed by atoms with Gasteiger partial charge in [0, 0.05) is 23.5 Å². The van der Waals surface area contributed by atoms with Crippen molar-refractivity contribution in [3.63, 3.8) is 0 Å². The molecule has 2 aromatic heterocycles. The van der Waals surface area contributed by atoms with E-state index in [2.05, 4.69) is 156 Å². The van der Waals surface area contributed by atoms with Crippen LogP contribution in [-0.2, 0) is 0 Å². The molecule has 49 heavy (non-hydrogen) atoms. The topological polar surface area (TPSA) is 25.8 Å². The van der Waals surface area contributed by atoms with E-state index in [-0.39, 0.29) is 0 Å². The summed E-state index contributed by atoms with van der Waals surface area (Å²) in [5, 5.41) is 7.50. The van der Waals surface area contributed by atoms with Crippen molar-refractivity contribution in [2.24, 2.45) is 0 Å². The van der Waals surface area contributed by atoms with Gasteiger partial charge in [0.1, 0.15) is 0 Å². The number of hydrogen-bond acceptors (Lipinski definition) is 2. The Morgan fingerprint density at radius 3 is 1.53 bits per heavy atom. The largest absolute Gasteiger partial charge is 0.256 e. The van der Waals surface area contributed by atoms with Crippen molar-refractivity contribution in [3.8, 4) is 44.8 Å². The lowest BCUT2D eigenvalue weighted by molar-refractivity contribution is 1.33. The van der Waals surface area contributed by atoms with Crippen LogP contribution < -0.4 is 10.4 Å². The third kappa shape index (κ3) is 5.24. The fraction of sp³-hybridized carbons (Fsp3) is 0.0213. The molecule has 8 aromatic rings. The Balaban J connectivity index is 1.32. The van der Waals surface area contributed by atoms with Crippen LogP contribution in [0.4, 0.5) is 0 Å². The van der Waals surface area contributed by atoms with Gasteiger partial charge >= 0.3 is 0 Å². The van der Waals surface area contributed by atoms with Crippen LogP contribution >= 0.6 is 0 Å². The number of hydrogen-bond donors (Lipinski definition) is 0. The molecule has 1 aliphatic carbocycles. The van der Waals surface area contributed by atoms with Gasteiger partial charge in [0.05, 0.1) is 11.4 Å². The zero-order chi connectivity index (χ0) is 32.6. The number of benzene rings is 6. The van der Waals surface area contributed by atoms with E-state index in [9.17, 15) is 0 Å². The highest BCUT2D eigenvalue weighted by Crippen LogP contribution is 2.45. The molecule has 6 aromatic carbocycles. The number of allylic oxidation sites excluding steroid dienone is 2. The molecule has 0 bridgehead atoms. The van der Waals surface area contributed by atoms with E-state index in [4.69, 9.17) is 0 Å². The summed E-state index contributed by atoms with van der Waals surface area (Å²) in [7, 11) is 0. The number of fused-ring (bicyclic) bond motifs is 3. The molecule has 0 spiro atoms. The number of pyridine rings is 2. The summed E-state index contributed by atoms with van der Waals surface area (Å²) in [5.41, 5.74) is 11.6. The maximum atomic E-state index is 4.60. The molecule has 9 rings (SSSR count). The standard InChI is InChI=1S/C47H32N2/c1-3-13-38-32(11-1)12-2-4-14-39(38)37-27-28-42-43(31-37)47(36-25-21-34(22-26-36)45-18-8-10-30-49-45)41-16-6-5-15-40(41)46(42)35-23-19-33(20-24-35)44-17-7-9-29-48-44/h1-13,15-31H,14H2. The lowest BCUT2D eigenvalue weighted by Crippen LogP contribution is -2.25. The summed E-state index contributed by atoms with van der Waals surface area (Å²) in [6.45, 7) is 0. The van der Waals surface area contributed by atoms with E-state index in [1.165, 1.54) is 65.4 Å². The first-order valence-corrected chi connectivity index (χ1v) is 16.8. The van der Waals surface area contributed by atoms with E-state index < -0.39 is 0 Å². The number of aromatic nitrogens is 2. The zero-order valence-electron chi connectivity index (χ0n) is 26.9. The summed E-state index contributed by atoms with van der Waals surface area (Å²) in [5.74, 6) is 0. The van der Waals surface area contributed by atoms with E-state index in [1.807, 2.05) is 36.7 Å². The van der Waals surface area contributed by atoms with E-state index >= 15 is 0 Å². The average molecular weight is 625 g/mol. The molecule has 0 atom stereocenters. The van der Waals surface area contributed by atoms with Gasteiger partial charge in [0.2, 0.25) is 0 Å². The van der Waals surface area contributed by atoms with E-state index in [1.54, 1.807) is 0 Å². The zero-order valence-corrected chi connectivity index (χ0v) is 26.9. The minimum Gasteiger partial charge on any atom is -0.256 e. The molecule has 2 heteroatoms. The Kier molecular flexibility index (Phi) is 7.25. The fourth-order valence-corrected chi connectivity index (χ4v) is 7.33. The van der Waals surface area contributed by atoms with Gasteiger partial charge in [-0.3, -0.25) is 9.97 Å². The van der Waals surface area contributed by atoms with E-state index in [0.29, 0.717) is 0 Å². The maximum absolute atomic E-state index is 4.60. The molecule has 0 radical (unpaired) electrons.